The normalized spacial score (nSPS) is 10.3. The monoisotopic (exact) mass is 278 g/mol. The van der Waals surface area contributed by atoms with Gasteiger partial charge < -0.3 is 9.84 Å². The van der Waals surface area contributed by atoms with Crippen molar-refractivity contribution in [3.8, 4) is 22.9 Å². The Morgan fingerprint density at radius 1 is 0.810 bits per heavy atom. The number of aromatic nitrogens is 2. The van der Waals surface area contributed by atoms with Crippen molar-refractivity contribution in [3.05, 3.63) is 72.6 Å². The van der Waals surface area contributed by atoms with Gasteiger partial charge in [0.15, 0.2) is 0 Å². The highest BCUT2D eigenvalue weighted by Crippen LogP contribution is 2.24. The molecule has 3 aromatic rings. The van der Waals surface area contributed by atoms with Gasteiger partial charge in [-0.05, 0) is 23.3 Å². The van der Waals surface area contributed by atoms with Gasteiger partial charge in [0.25, 0.3) is 0 Å². The van der Waals surface area contributed by atoms with E-state index in [9.17, 15) is 0 Å². The molecule has 0 saturated carbocycles. The van der Waals surface area contributed by atoms with Crippen LogP contribution in [0.1, 0.15) is 5.56 Å². The van der Waals surface area contributed by atoms with Crippen molar-refractivity contribution in [1.82, 2.24) is 9.97 Å². The van der Waals surface area contributed by atoms with Crippen LogP contribution in [0.3, 0.4) is 0 Å². The topological polar surface area (TPSA) is 55.2 Å². The van der Waals surface area contributed by atoms with Gasteiger partial charge in [0.2, 0.25) is 0 Å². The molecule has 1 N–H and O–H groups in total. The SMILES string of the molecule is OCc1cnc(Oc2ccc(-c3ccccc3)cc2)nc1. The van der Waals surface area contributed by atoms with Gasteiger partial charge >= 0.3 is 6.01 Å². The first-order valence-corrected chi connectivity index (χ1v) is 6.60. The van der Waals surface area contributed by atoms with Gasteiger partial charge in [-0.2, -0.15) is 0 Å². The van der Waals surface area contributed by atoms with Crippen LogP contribution in [0.4, 0.5) is 0 Å². The summed E-state index contributed by atoms with van der Waals surface area (Å²) in [4.78, 5) is 8.06. The molecule has 4 nitrogen and oxygen atoms in total. The average molecular weight is 278 g/mol. The Morgan fingerprint density at radius 3 is 2.05 bits per heavy atom. The Kier molecular flexibility index (Phi) is 3.89. The lowest BCUT2D eigenvalue weighted by atomic mass is 10.1. The average Bonchev–Trinajstić information content (AvgIpc) is 2.57. The number of nitrogens with zero attached hydrogens (tertiary/aromatic N) is 2. The van der Waals surface area contributed by atoms with Crippen molar-refractivity contribution in [3.63, 3.8) is 0 Å². The number of rotatable bonds is 4. The molecule has 3 rings (SSSR count). The fraction of sp³-hybridized carbons (Fsp3) is 0.0588. The zero-order chi connectivity index (χ0) is 14.5. The highest BCUT2D eigenvalue weighted by atomic mass is 16.5. The molecule has 1 aromatic heterocycles. The van der Waals surface area contributed by atoms with E-state index in [1.54, 1.807) is 12.4 Å². The van der Waals surface area contributed by atoms with E-state index in [-0.39, 0.29) is 12.6 Å². The summed E-state index contributed by atoms with van der Waals surface area (Å²) in [5.74, 6) is 0.673. The number of aliphatic hydroxyl groups is 1. The Balaban J connectivity index is 1.75. The molecular weight excluding hydrogens is 264 g/mol. The first kappa shape index (κ1) is 13.3. The molecule has 0 atom stereocenters. The van der Waals surface area contributed by atoms with Gasteiger partial charge in [-0.15, -0.1) is 0 Å². The fourth-order valence-electron chi connectivity index (χ4n) is 1.93. The second-order valence-electron chi connectivity index (χ2n) is 4.52. The zero-order valence-corrected chi connectivity index (χ0v) is 11.3. The van der Waals surface area contributed by atoms with E-state index in [0.717, 1.165) is 11.1 Å². The van der Waals surface area contributed by atoms with Crippen molar-refractivity contribution < 1.29 is 9.84 Å². The van der Waals surface area contributed by atoms with Crippen molar-refractivity contribution in [1.29, 1.82) is 0 Å². The highest BCUT2D eigenvalue weighted by Gasteiger charge is 2.02. The summed E-state index contributed by atoms with van der Waals surface area (Å²) in [5.41, 5.74) is 2.94. The predicted molar refractivity (Wildman–Crippen MR) is 79.9 cm³/mol. The van der Waals surface area contributed by atoms with Crippen LogP contribution in [0.15, 0.2) is 67.0 Å². The second kappa shape index (κ2) is 6.15. The number of hydrogen-bond acceptors (Lipinski definition) is 4. The molecule has 0 amide bonds. The lowest BCUT2D eigenvalue weighted by molar-refractivity contribution is 0.280. The molecule has 0 aliphatic rings. The molecule has 0 bridgehead atoms. The molecular formula is C17H14N2O2. The van der Waals surface area contributed by atoms with Crippen LogP contribution in [0, 0.1) is 0 Å². The third-order valence-corrected chi connectivity index (χ3v) is 3.03. The minimum absolute atomic E-state index is 0.0773. The van der Waals surface area contributed by atoms with Gasteiger partial charge in [-0.25, -0.2) is 9.97 Å². The van der Waals surface area contributed by atoms with E-state index in [1.807, 2.05) is 42.5 Å². The van der Waals surface area contributed by atoms with Gasteiger partial charge in [0.05, 0.1) is 6.61 Å². The van der Waals surface area contributed by atoms with Crippen LogP contribution in [-0.4, -0.2) is 15.1 Å². The summed E-state index contributed by atoms with van der Waals surface area (Å²) in [7, 11) is 0. The summed E-state index contributed by atoms with van der Waals surface area (Å²) >= 11 is 0. The number of aliphatic hydroxyl groups excluding tert-OH is 1. The van der Waals surface area contributed by atoms with Gasteiger partial charge in [0.1, 0.15) is 5.75 Å². The summed E-state index contributed by atoms with van der Waals surface area (Å²) in [6, 6.07) is 18.1. The van der Waals surface area contributed by atoms with Crippen molar-refractivity contribution in [2.24, 2.45) is 0 Å². The lowest BCUT2D eigenvalue weighted by Crippen LogP contribution is -1.93. The van der Waals surface area contributed by atoms with Crippen LogP contribution in [0.2, 0.25) is 0 Å². The third-order valence-electron chi connectivity index (χ3n) is 3.03. The van der Waals surface area contributed by atoms with Crippen molar-refractivity contribution >= 4 is 0 Å². The van der Waals surface area contributed by atoms with Crippen molar-refractivity contribution in [2.45, 2.75) is 6.61 Å². The molecule has 0 aliphatic carbocycles. The first-order chi connectivity index (χ1) is 10.3. The molecule has 0 unspecified atom stereocenters. The van der Waals surface area contributed by atoms with Gasteiger partial charge in [-0.1, -0.05) is 42.5 Å². The van der Waals surface area contributed by atoms with E-state index >= 15 is 0 Å². The van der Waals surface area contributed by atoms with E-state index in [0.29, 0.717) is 11.3 Å². The second-order valence-corrected chi connectivity index (χ2v) is 4.52. The van der Waals surface area contributed by atoms with Crippen molar-refractivity contribution in [2.75, 3.05) is 0 Å². The van der Waals surface area contributed by atoms with E-state index in [2.05, 4.69) is 22.1 Å². The Bertz CT molecular complexity index is 695. The lowest BCUT2D eigenvalue weighted by Gasteiger charge is -2.06. The maximum Gasteiger partial charge on any atom is 0.321 e. The fourth-order valence-corrected chi connectivity index (χ4v) is 1.93. The highest BCUT2D eigenvalue weighted by molar-refractivity contribution is 5.63. The molecule has 4 heteroatoms. The number of hydrogen-bond donors (Lipinski definition) is 1. The van der Waals surface area contributed by atoms with Gasteiger partial charge in [0, 0.05) is 18.0 Å². The number of ether oxygens (including phenoxy) is 1. The molecule has 0 spiro atoms. The predicted octanol–water partition coefficient (Wildman–Crippen LogP) is 3.43. The number of benzene rings is 2. The van der Waals surface area contributed by atoms with E-state index in [1.165, 1.54) is 0 Å². The van der Waals surface area contributed by atoms with E-state index < -0.39 is 0 Å². The molecule has 2 aromatic carbocycles. The van der Waals surface area contributed by atoms with Crippen LogP contribution in [-0.2, 0) is 6.61 Å². The quantitative estimate of drug-likeness (QED) is 0.794. The van der Waals surface area contributed by atoms with Crippen LogP contribution in [0.5, 0.6) is 11.8 Å². The maximum absolute atomic E-state index is 8.94. The van der Waals surface area contributed by atoms with Crippen LogP contribution < -0.4 is 4.74 Å². The van der Waals surface area contributed by atoms with Crippen LogP contribution in [0.25, 0.3) is 11.1 Å². The maximum atomic E-state index is 8.94. The minimum atomic E-state index is -0.0773. The third kappa shape index (κ3) is 3.24. The van der Waals surface area contributed by atoms with E-state index in [4.69, 9.17) is 9.84 Å². The summed E-state index contributed by atoms with van der Waals surface area (Å²) in [5, 5.41) is 8.94. The standard InChI is InChI=1S/C17H14N2O2/c20-12-13-10-18-17(19-11-13)21-16-8-6-15(7-9-16)14-4-2-1-3-5-14/h1-11,20H,12H2. The van der Waals surface area contributed by atoms with Gasteiger partial charge in [-0.3, -0.25) is 0 Å². The Hall–Kier alpha value is -2.72. The van der Waals surface area contributed by atoms with Crippen LogP contribution >= 0.6 is 0 Å². The zero-order valence-electron chi connectivity index (χ0n) is 11.3. The smallest absolute Gasteiger partial charge is 0.321 e. The molecule has 0 radical (unpaired) electrons. The molecule has 1 heterocycles. The summed E-state index contributed by atoms with van der Waals surface area (Å²) in [6.45, 7) is -0.0773. The first-order valence-electron chi connectivity index (χ1n) is 6.60. The Labute approximate surface area is 122 Å². The summed E-state index contributed by atoms with van der Waals surface area (Å²) in [6.07, 6.45) is 3.08. The molecule has 21 heavy (non-hydrogen) atoms. The minimum Gasteiger partial charge on any atom is -0.424 e. The molecule has 0 saturated heterocycles. The molecule has 104 valence electrons. The Morgan fingerprint density at radius 2 is 1.43 bits per heavy atom. The molecule has 0 fully saturated rings. The largest absolute Gasteiger partial charge is 0.424 e. The summed E-state index contributed by atoms with van der Waals surface area (Å²) < 4.78 is 5.56. The molecule has 0 aliphatic heterocycles.